The molecule has 6 heteroatoms. The van der Waals surface area contributed by atoms with Crippen molar-refractivity contribution in [2.45, 2.75) is 32.0 Å². The molecule has 5 nitrogen and oxygen atoms in total. The highest BCUT2D eigenvalue weighted by atomic mass is 32.2. The first-order chi connectivity index (χ1) is 10.2. The number of anilines is 1. The van der Waals surface area contributed by atoms with Crippen molar-refractivity contribution in [3.63, 3.8) is 0 Å². The maximum atomic E-state index is 4.60. The van der Waals surface area contributed by atoms with Crippen LogP contribution >= 0.6 is 11.8 Å². The van der Waals surface area contributed by atoms with E-state index in [0.717, 1.165) is 42.7 Å². The number of aromatic nitrogens is 4. The molecular weight excluding hydrogens is 282 g/mol. The molecule has 0 aliphatic carbocycles. The molecule has 0 bridgehead atoms. The summed E-state index contributed by atoms with van der Waals surface area (Å²) in [6.45, 7) is 7.36. The Balaban J connectivity index is 1.62. The van der Waals surface area contributed by atoms with Crippen molar-refractivity contribution in [3.05, 3.63) is 30.0 Å². The zero-order valence-electron chi connectivity index (χ0n) is 12.8. The van der Waals surface area contributed by atoms with Gasteiger partial charge in [0.15, 0.2) is 5.16 Å². The maximum Gasteiger partial charge on any atom is 0.189 e. The summed E-state index contributed by atoms with van der Waals surface area (Å²) in [7, 11) is 0. The fraction of sp³-hybridized carbons (Fsp3) is 0.533. The van der Waals surface area contributed by atoms with Crippen molar-refractivity contribution >= 4 is 17.6 Å². The maximum absolute atomic E-state index is 4.60. The van der Waals surface area contributed by atoms with Crippen LogP contribution in [-0.4, -0.2) is 38.9 Å². The first kappa shape index (κ1) is 14.4. The molecule has 3 rings (SSSR count). The molecule has 0 aromatic carbocycles. The van der Waals surface area contributed by atoms with Crippen LogP contribution in [0.5, 0.6) is 0 Å². The highest BCUT2D eigenvalue weighted by molar-refractivity contribution is 7.98. The number of rotatable bonds is 5. The largest absolute Gasteiger partial charge is 0.356 e. The summed E-state index contributed by atoms with van der Waals surface area (Å²) >= 11 is 1.60. The van der Waals surface area contributed by atoms with E-state index in [1.54, 1.807) is 11.8 Å². The van der Waals surface area contributed by atoms with Gasteiger partial charge in [0.2, 0.25) is 0 Å². The lowest BCUT2D eigenvalue weighted by Gasteiger charge is -2.40. The minimum Gasteiger partial charge on any atom is -0.356 e. The molecule has 1 aliphatic rings. The van der Waals surface area contributed by atoms with Gasteiger partial charge in [0.1, 0.15) is 11.6 Å². The molecule has 0 unspecified atom stereocenters. The van der Waals surface area contributed by atoms with Crippen molar-refractivity contribution in [1.82, 2.24) is 19.5 Å². The number of imidazole rings is 1. The van der Waals surface area contributed by atoms with Gasteiger partial charge in [-0.15, -0.1) is 0 Å². The van der Waals surface area contributed by atoms with Crippen LogP contribution in [0.2, 0.25) is 0 Å². The predicted octanol–water partition coefficient (Wildman–Crippen LogP) is 2.40. The Bertz CT molecular complexity index is 618. The molecule has 21 heavy (non-hydrogen) atoms. The zero-order chi connectivity index (χ0) is 14.8. The number of aryl methyl sites for hydroxylation is 2. The van der Waals surface area contributed by atoms with E-state index in [1.807, 2.05) is 19.4 Å². The van der Waals surface area contributed by atoms with E-state index in [1.165, 1.54) is 5.82 Å². The lowest BCUT2D eigenvalue weighted by molar-refractivity contribution is 0.350. The van der Waals surface area contributed by atoms with E-state index in [2.05, 4.69) is 43.6 Å². The highest BCUT2D eigenvalue weighted by Crippen LogP contribution is 2.26. The predicted molar refractivity (Wildman–Crippen MR) is 85.9 cm³/mol. The molecule has 0 spiro atoms. The summed E-state index contributed by atoms with van der Waals surface area (Å²) in [4.78, 5) is 15.7. The minimum atomic E-state index is 0.678. The van der Waals surface area contributed by atoms with Crippen LogP contribution in [0.25, 0.3) is 0 Å². The third kappa shape index (κ3) is 3.05. The van der Waals surface area contributed by atoms with Gasteiger partial charge in [-0.25, -0.2) is 15.0 Å². The van der Waals surface area contributed by atoms with Crippen LogP contribution in [-0.2, 0) is 13.0 Å². The molecule has 2 aromatic rings. The second-order valence-corrected chi connectivity index (χ2v) is 6.25. The van der Waals surface area contributed by atoms with Crippen molar-refractivity contribution in [3.8, 4) is 0 Å². The Hall–Kier alpha value is -1.56. The molecule has 0 atom stereocenters. The van der Waals surface area contributed by atoms with E-state index < -0.39 is 0 Å². The first-order valence-corrected chi connectivity index (χ1v) is 8.56. The molecule has 1 aliphatic heterocycles. The van der Waals surface area contributed by atoms with Crippen molar-refractivity contribution in [1.29, 1.82) is 0 Å². The Kier molecular flexibility index (Phi) is 4.14. The van der Waals surface area contributed by atoms with E-state index in [9.17, 15) is 0 Å². The summed E-state index contributed by atoms with van der Waals surface area (Å²) in [5, 5.41) is 0.858. The standard InChI is InChI=1S/C15H21N5S/c1-4-13-16-5-6-19(13)8-12-9-20(10-12)14-7-11(2)17-15(18-14)21-3/h5-7,12H,4,8-10H2,1-3H3. The zero-order valence-corrected chi connectivity index (χ0v) is 13.6. The van der Waals surface area contributed by atoms with Gasteiger partial charge >= 0.3 is 0 Å². The van der Waals surface area contributed by atoms with E-state index in [4.69, 9.17) is 0 Å². The number of nitrogens with zero attached hydrogens (tertiary/aromatic N) is 5. The number of hydrogen-bond acceptors (Lipinski definition) is 5. The monoisotopic (exact) mass is 303 g/mol. The smallest absolute Gasteiger partial charge is 0.189 e. The van der Waals surface area contributed by atoms with Crippen LogP contribution in [0.3, 0.4) is 0 Å². The summed E-state index contributed by atoms with van der Waals surface area (Å²) in [5.41, 5.74) is 1.04. The minimum absolute atomic E-state index is 0.678. The van der Waals surface area contributed by atoms with Gasteiger partial charge < -0.3 is 9.47 Å². The third-order valence-electron chi connectivity index (χ3n) is 3.86. The van der Waals surface area contributed by atoms with Gasteiger partial charge in [-0.1, -0.05) is 18.7 Å². The molecule has 3 heterocycles. The van der Waals surface area contributed by atoms with Gasteiger partial charge in [-0.2, -0.15) is 0 Å². The fourth-order valence-corrected chi connectivity index (χ4v) is 3.17. The number of thioether (sulfide) groups is 1. The Morgan fingerprint density at radius 2 is 2.14 bits per heavy atom. The molecule has 112 valence electrons. The average Bonchev–Trinajstić information content (AvgIpc) is 2.88. The molecule has 0 radical (unpaired) electrons. The Morgan fingerprint density at radius 3 is 2.86 bits per heavy atom. The van der Waals surface area contributed by atoms with Crippen molar-refractivity contribution < 1.29 is 0 Å². The quantitative estimate of drug-likeness (QED) is 0.627. The van der Waals surface area contributed by atoms with Crippen LogP contribution in [0.4, 0.5) is 5.82 Å². The summed E-state index contributed by atoms with van der Waals surface area (Å²) in [6, 6.07) is 2.07. The molecule has 0 amide bonds. The van der Waals surface area contributed by atoms with E-state index in [-0.39, 0.29) is 0 Å². The van der Waals surface area contributed by atoms with Crippen LogP contribution < -0.4 is 4.90 Å². The molecule has 0 saturated carbocycles. The Morgan fingerprint density at radius 1 is 1.33 bits per heavy atom. The third-order valence-corrected chi connectivity index (χ3v) is 4.40. The van der Waals surface area contributed by atoms with Gasteiger partial charge in [-0.3, -0.25) is 0 Å². The fourth-order valence-electron chi connectivity index (χ4n) is 2.75. The molecule has 0 N–H and O–H groups in total. The lowest BCUT2D eigenvalue weighted by atomic mass is 10.00. The molecule has 2 aromatic heterocycles. The first-order valence-electron chi connectivity index (χ1n) is 7.34. The summed E-state index contributed by atoms with van der Waals surface area (Å²) in [5.74, 6) is 2.91. The molecule has 1 fully saturated rings. The second-order valence-electron chi connectivity index (χ2n) is 5.47. The van der Waals surface area contributed by atoms with Gasteiger partial charge in [0.05, 0.1) is 0 Å². The van der Waals surface area contributed by atoms with Crippen LogP contribution in [0.15, 0.2) is 23.6 Å². The SMILES string of the molecule is CCc1nccn1CC1CN(c2cc(C)nc(SC)n2)C1. The second kappa shape index (κ2) is 6.05. The molecular formula is C15H21N5S. The van der Waals surface area contributed by atoms with Gasteiger partial charge in [0.25, 0.3) is 0 Å². The number of hydrogen-bond donors (Lipinski definition) is 0. The van der Waals surface area contributed by atoms with E-state index in [0.29, 0.717) is 5.92 Å². The van der Waals surface area contributed by atoms with Crippen LogP contribution in [0.1, 0.15) is 18.4 Å². The van der Waals surface area contributed by atoms with E-state index >= 15 is 0 Å². The average molecular weight is 303 g/mol. The Labute approximate surface area is 129 Å². The van der Waals surface area contributed by atoms with Crippen molar-refractivity contribution in [2.75, 3.05) is 24.2 Å². The van der Waals surface area contributed by atoms with Gasteiger partial charge in [-0.05, 0) is 13.2 Å². The summed E-state index contributed by atoms with van der Waals surface area (Å²) < 4.78 is 2.28. The van der Waals surface area contributed by atoms with Gasteiger partial charge in [0, 0.05) is 56.1 Å². The van der Waals surface area contributed by atoms with Crippen molar-refractivity contribution in [2.24, 2.45) is 5.92 Å². The van der Waals surface area contributed by atoms with Crippen LogP contribution in [0, 0.1) is 12.8 Å². The molecule has 1 saturated heterocycles. The topological polar surface area (TPSA) is 46.8 Å². The summed E-state index contributed by atoms with van der Waals surface area (Å²) in [6.07, 6.45) is 6.99. The highest BCUT2D eigenvalue weighted by Gasteiger charge is 2.28. The normalized spacial score (nSPS) is 15.3. The lowest BCUT2D eigenvalue weighted by Crippen LogP contribution is -2.49.